The second-order valence-corrected chi connectivity index (χ2v) is 4.24. The Balaban J connectivity index is 0. The van der Waals surface area contributed by atoms with Gasteiger partial charge in [0.1, 0.15) is 5.97 Å². The second kappa shape index (κ2) is 6.79. The fourth-order valence-corrected chi connectivity index (χ4v) is 1.26. The van der Waals surface area contributed by atoms with Crippen LogP contribution in [0.15, 0.2) is 0 Å². The Morgan fingerprint density at radius 1 is 0.538 bits per heavy atom. The number of alkyl halides is 15. The minimum atomic E-state index is -8.63. The average Bonchev–Trinajstić information content (AvgIpc) is 2.33. The predicted molar refractivity (Wildman–Crippen MR) is 40.7 cm³/mol. The van der Waals surface area contributed by atoms with Gasteiger partial charge in [0.2, 0.25) is 0 Å². The molecular weight excluding hydrogens is 436 g/mol. The number of hydrogen-bond donors (Lipinski definition) is 0. The number of carboxylic acid groups (broad SMARTS) is 1. The number of rotatable bonds is 5. The van der Waals surface area contributed by atoms with E-state index in [2.05, 4.69) is 0 Å². The molecule has 0 radical (unpaired) electrons. The van der Waals surface area contributed by atoms with E-state index in [0.29, 0.717) is 0 Å². The molecule has 0 aromatic carbocycles. The minimum Gasteiger partial charge on any atom is -0.544 e. The molecule has 0 heterocycles. The molecule has 0 aliphatic heterocycles. The summed E-state index contributed by atoms with van der Waals surface area (Å²) in [6.07, 6.45) is -16.1. The predicted octanol–water partition coefficient (Wildman–Crippen LogP) is 0.114. The molecule has 0 saturated carbocycles. The quantitative estimate of drug-likeness (QED) is 0.454. The first-order chi connectivity index (χ1) is 10.4. The van der Waals surface area contributed by atoms with Crippen LogP contribution in [-0.2, 0) is 4.79 Å². The van der Waals surface area contributed by atoms with E-state index in [-0.39, 0.29) is 29.6 Å². The average molecular weight is 436 g/mol. The fourth-order valence-electron chi connectivity index (χ4n) is 1.26. The summed E-state index contributed by atoms with van der Waals surface area (Å²) in [4.78, 5) is 9.63. The van der Waals surface area contributed by atoms with Crippen molar-refractivity contribution in [3.8, 4) is 0 Å². The van der Waals surface area contributed by atoms with Crippen molar-refractivity contribution in [2.24, 2.45) is 0 Å². The SMILES string of the molecule is O=C([O-])C(F)(F)C(F)(F)C(F)(F)C(F)(F)C(F)(C(F)(F)F)C(F)(F)F.[Na+]. The molecule has 2 nitrogen and oxygen atoms in total. The van der Waals surface area contributed by atoms with Crippen LogP contribution in [0.1, 0.15) is 0 Å². The number of carboxylic acids is 1. The monoisotopic (exact) mass is 436 g/mol. The number of carbonyl (C=O) groups excluding carboxylic acids is 1. The molecule has 0 fully saturated rings. The fraction of sp³-hybridized carbons (Fsp3) is 0.875. The Morgan fingerprint density at radius 2 is 0.808 bits per heavy atom. The molecule has 0 aliphatic rings. The topological polar surface area (TPSA) is 40.1 Å². The zero-order valence-corrected chi connectivity index (χ0v) is 13.5. The van der Waals surface area contributed by atoms with Crippen molar-refractivity contribution in [2.45, 2.75) is 41.7 Å². The van der Waals surface area contributed by atoms with E-state index in [1.165, 1.54) is 0 Å². The van der Waals surface area contributed by atoms with Crippen molar-refractivity contribution in [2.75, 3.05) is 0 Å². The molecule has 0 atom stereocenters. The molecule has 0 aliphatic carbocycles. The molecule has 0 aromatic rings. The van der Waals surface area contributed by atoms with Crippen molar-refractivity contribution in [3.63, 3.8) is 0 Å². The first kappa shape index (κ1) is 27.6. The summed E-state index contributed by atoms with van der Waals surface area (Å²) >= 11 is 0. The first-order valence-electron chi connectivity index (χ1n) is 4.99. The Labute approximate surface area is 153 Å². The smallest absolute Gasteiger partial charge is 0.544 e. The molecule has 0 N–H and O–H groups in total. The standard InChI is InChI=1S/C8HF15O2.Na/c9-2(10,1(24)25)4(12,13)6(16,17)5(14,15)3(11,7(18,19)20)8(21,22)23;/h(H,24,25);/q;+1/p-1. The van der Waals surface area contributed by atoms with Crippen molar-refractivity contribution in [1.29, 1.82) is 0 Å². The van der Waals surface area contributed by atoms with Gasteiger partial charge in [0, 0.05) is 0 Å². The van der Waals surface area contributed by atoms with Crippen LogP contribution >= 0.6 is 0 Å². The third-order valence-corrected chi connectivity index (χ3v) is 2.65. The number of aliphatic carboxylic acids is 1. The van der Waals surface area contributed by atoms with Gasteiger partial charge in [-0.3, -0.25) is 0 Å². The Kier molecular flexibility index (Phi) is 7.22. The summed E-state index contributed by atoms with van der Waals surface area (Å²) in [6.45, 7) is 0. The Bertz CT molecular complexity index is 519. The van der Waals surface area contributed by atoms with Crippen molar-refractivity contribution < 1.29 is 105 Å². The van der Waals surface area contributed by atoms with Gasteiger partial charge in [-0.15, -0.1) is 0 Å². The summed E-state index contributed by atoms with van der Waals surface area (Å²) in [7, 11) is 0. The molecule has 0 aromatic heterocycles. The number of halogens is 15. The molecule has 18 heteroatoms. The van der Waals surface area contributed by atoms with Crippen LogP contribution in [-0.4, -0.2) is 47.7 Å². The van der Waals surface area contributed by atoms with Crippen LogP contribution in [0, 0.1) is 0 Å². The number of carbonyl (C=O) groups is 1. The maximum atomic E-state index is 13.0. The van der Waals surface area contributed by atoms with Gasteiger partial charge in [0.05, 0.1) is 0 Å². The second-order valence-electron chi connectivity index (χ2n) is 4.24. The molecule has 0 spiro atoms. The van der Waals surface area contributed by atoms with Gasteiger partial charge in [0.25, 0.3) is 0 Å². The van der Waals surface area contributed by atoms with Crippen LogP contribution < -0.4 is 34.7 Å². The van der Waals surface area contributed by atoms with Gasteiger partial charge in [0.15, 0.2) is 0 Å². The van der Waals surface area contributed by atoms with Crippen molar-refractivity contribution in [3.05, 3.63) is 0 Å². The summed E-state index contributed by atoms with van der Waals surface area (Å²) in [6, 6.07) is 0. The van der Waals surface area contributed by atoms with E-state index in [1.54, 1.807) is 0 Å². The maximum Gasteiger partial charge on any atom is 1.00 e. The molecule has 150 valence electrons. The Morgan fingerprint density at radius 3 is 1.00 bits per heavy atom. The first-order valence-corrected chi connectivity index (χ1v) is 4.99. The van der Waals surface area contributed by atoms with Gasteiger partial charge in [-0.05, 0) is 0 Å². The van der Waals surface area contributed by atoms with E-state index in [1.807, 2.05) is 0 Å². The molecule has 0 amide bonds. The molecule has 0 unspecified atom stereocenters. The van der Waals surface area contributed by atoms with Gasteiger partial charge < -0.3 is 9.90 Å². The zero-order valence-electron chi connectivity index (χ0n) is 11.5. The number of hydrogen-bond acceptors (Lipinski definition) is 2. The van der Waals surface area contributed by atoms with Crippen LogP contribution in [0.25, 0.3) is 0 Å². The van der Waals surface area contributed by atoms with Crippen LogP contribution in [0.2, 0.25) is 0 Å². The summed E-state index contributed by atoms with van der Waals surface area (Å²) in [5, 5.41) is 9.63. The molecule has 26 heavy (non-hydrogen) atoms. The van der Waals surface area contributed by atoms with Crippen molar-refractivity contribution >= 4 is 5.97 Å². The zero-order chi connectivity index (χ0) is 21.1. The van der Waals surface area contributed by atoms with Crippen LogP contribution in [0.3, 0.4) is 0 Å². The van der Waals surface area contributed by atoms with Gasteiger partial charge >= 0.3 is 71.3 Å². The normalized spacial score (nSPS) is 15.5. The molecule has 0 bridgehead atoms. The maximum absolute atomic E-state index is 13.0. The van der Waals surface area contributed by atoms with Crippen molar-refractivity contribution in [1.82, 2.24) is 0 Å². The van der Waals surface area contributed by atoms with Crippen LogP contribution in [0.5, 0.6) is 0 Å². The third kappa shape index (κ3) is 3.33. The largest absolute Gasteiger partial charge is 1.00 e. The minimum absolute atomic E-state index is 0. The summed E-state index contributed by atoms with van der Waals surface area (Å²) < 4.78 is 187. The van der Waals surface area contributed by atoms with Gasteiger partial charge in [-0.1, -0.05) is 0 Å². The van der Waals surface area contributed by atoms with Gasteiger partial charge in [-0.25, -0.2) is 4.39 Å². The Hall–Kier alpha value is -0.580. The van der Waals surface area contributed by atoms with E-state index in [9.17, 15) is 75.8 Å². The van der Waals surface area contributed by atoms with Gasteiger partial charge in [-0.2, -0.15) is 61.5 Å². The van der Waals surface area contributed by atoms with Crippen LogP contribution in [0.4, 0.5) is 65.9 Å². The summed E-state index contributed by atoms with van der Waals surface area (Å²) in [5.74, 6) is -37.2. The molecular formula is C8F15NaO2. The molecule has 0 saturated heterocycles. The van der Waals surface area contributed by atoms with E-state index in [4.69, 9.17) is 0 Å². The summed E-state index contributed by atoms with van der Waals surface area (Å²) in [5.41, 5.74) is -8.44. The molecule has 0 rings (SSSR count). The van der Waals surface area contributed by atoms with E-state index in [0.717, 1.165) is 0 Å². The van der Waals surface area contributed by atoms with E-state index >= 15 is 0 Å². The van der Waals surface area contributed by atoms with E-state index < -0.39 is 47.7 Å². The third-order valence-electron chi connectivity index (χ3n) is 2.65.